The van der Waals surface area contributed by atoms with E-state index in [1.54, 1.807) is 12.1 Å². The smallest absolute Gasteiger partial charge is 0.271 e. The molecule has 0 saturated heterocycles. The van der Waals surface area contributed by atoms with Crippen molar-refractivity contribution >= 4 is 46.3 Å². The lowest BCUT2D eigenvalue weighted by molar-refractivity contribution is -0.113. The molecule has 32 heavy (non-hydrogen) atoms. The van der Waals surface area contributed by atoms with E-state index in [0.29, 0.717) is 10.9 Å². The molecule has 0 atom stereocenters. The van der Waals surface area contributed by atoms with Crippen molar-refractivity contribution in [2.45, 2.75) is 5.09 Å². The van der Waals surface area contributed by atoms with Crippen LogP contribution in [0.25, 0.3) is 10.8 Å². The van der Waals surface area contributed by atoms with Crippen molar-refractivity contribution in [3.05, 3.63) is 96.0 Å². The molecule has 0 aliphatic carbocycles. The van der Waals surface area contributed by atoms with E-state index in [9.17, 15) is 14.0 Å². The zero-order chi connectivity index (χ0) is 22.3. The first-order valence-corrected chi connectivity index (χ1v) is 10.7. The van der Waals surface area contributed by atoms with Crippen molar-refractivity contribution in [3.8, 4) is 0 Å². The normalized spacial score (nSPS) is 11.0. The average molecular weight is 447 g/mol. The van der Waals surface area contributed by atoms with E-state index in [-0.39, 0.29) is 17.2 Å². The number of anilines is 1. The third kappa shape index (κ3) is 5.61. The van der Waals surface area contributed by atoms with E-state index in [1.807, 2.05) is 42.5 Å². The fraction of sp³-hybridized carbons (Fsp3) is 0.0417. The van der Waals surface area contributed by atoms with Crippen LogP contribution in [-0.2, 0) is 4.79 Å². The van der Waals surface area contributed by atoms with Crippen LogP contribution in [0.4, 0.5) is 10.1 Å². The Balaban J connectivity index is 1.26. The Bertz CT molecular complexity index is 1290. The Morgan fingerprint density at radius 2 is 1.75 bits per heavy atom. The summed E-state index contributed by atoms with van der Waals surface area (Å²) in [5, 5.41) is 9.42. The molecule has 0 aliphatic rings. The summed E-state index contributed by atoms with van der Waals surface area (Å²) in [4.78, 5) is 24.2. The SMILES string of the molecule is O=C(CSc1ccc(C=NNC(=O)c2ccc(F)cc2)o1)Nc1ccc2ccccc2c1. The second-order valence-corrected chi connectivity index (χ2v) is 7.74. The molecule has 0 radical (unpaired) electrons. The Morgan fingerprint density at radius 3 is 2.56 bits per heavy atom. The molecule has 6 nitrogen and oxygen atoms in total. The standard InChI is InChI=1S/C24H18FN3O3S/c25-19-8-5-17(6-9-19)24(30)28-26-14-21-11-12-23(31-21)32-15-22(29)27-20-10-7-16-3-1-2-4-18(16)13-20/h1-14H,15H2,(H,27,29)(H,28,30). The summed E-state index contributed by atoms with van der Waals surface area (Å²) in [6.45, 7) is 0. The summed E-state index contributed by atoms with van der Waals surface area (Å²) in [5.74, 6) is -0.437. The molecule has 0 spiro atoms. The van der Waals surface area contributed by atoms with Crippen LogP contribution in [0.15, 0.2) is 93.5 Å². The molecule has 0 fully saturated rings. The average Bonchev–Trinajstić information content (AvgIpc) is 3.26. The number of hydrazone groups is 1. The van der Waals surface area contributed by atoms with Gasteiger partial charge in [0.2, 0.25) is 5.91 Å². The zero-order valence-electron chi connectivity index (χ0n) is 16.7. The van der Waals surface area contributed by atoms with Crippen LogP contribution in [-0.4, -0.2) is 23.8 Å². The maximum absolute atomic E-state index is 12.9. The molecule has 8 heteroatoms. The molecule has 0 bridgehead atoms. The van der Waals surface area contributed by atoms with Crippen molar-refractivity contribution in [1.29, 1.82) is 0 Å². The van der Waals surface area contributed by atoms with Gasteiger partial charge in [0, 0.05) is 11.3 Å². The Morgan fingerprint density at radius 1 is 0.969 bits per heavy atom. The van der Waals surface area contributed by atoms with Gasteiger partial charge in [0.05, 0.1) is 12.0 Å². The van der Waals surface area contributed by atoms with Crippen LogP contribution in [0.2, 0.25) is 0 Å². The lowest BCUT2D eigenvalue weighted by Crippen LogP contribution is -2.17. The molecule has 0 unspecified atom stereocenters. The van der Waals surface area contributed by atoms with Gasteiger partial charge in [0.25, 0.3) is 5.91 Å². The highest BCUT2D eigenvalue weighted by atomic mass is 32.2. The first kappa shape index (κ1) is 21.3. The Labute approximate surface area is 187 Å². The van der Waals surface area contributed by atoms with Gasteiger partial charge in [0.1, 0.15) is 11.6 Å². The van der Waals surface area contributed by atoms with E-state index in [4.69, 9.17) is 4.42 Å². The molecule has 4 rings (SSSR count). The molecule has 2 N–H and O–H groups in total. The minimum absolute atomic E-state index is 0.150. The van der Waals surface area contributed by atoms with Crippen LogP contribution >= 0.6 is 11.8 Å². The van der Waals surface area contributed by atoms with Gasteiger partial charge in [-0.1, -0.05) is 42.1 Å². The number of amides is 2. The molecule has 0 aliphatic heterocycles. The van der Waals surface area contributed by atoms with Crippen molar-refractivity contribution < 1.29 is 18.4 Å². The first-order chi connectivity index (χ1) is 15.6. The largest absolute Gasteiger partial charge is 0.449 e. The minimum atomic E-state index is -0.465. The van der Waals surface area contributed by atoms with E-state index in [0.717, 1.165) is 16.5 Å². The second-order valence-electron chi connectivity index (χ2n) is 6.76. The summed E-state index contributed by atoms with van der Waals surface area (Å²) in [5.41, 5.74) is 3.37. The number of nitrogens with zero attached hydrogens (tertiary/aromatic N) is 1. The van der Waals surface area contributed by atoms with Gasteiger partial charge in [-0.05, 0) is 59.3 Å². The van der Waals surface area contributed by atoms with Gasteiger partial charge in [-0.15, -0.1) is 0 Å². The minimum Gasteiger partial charge on any atom is -0.449 e. The number of benzene rings is 3. The van der Waals surface area contributed by atoms with E-state index < -0.39 is 11.7 Å². The van der Waals surface area contributed by atoms with Gasteiger partial charge in [0.15, 0.2) is 5.09 Å². The fourth-order valence-electron chi connectivity index (χ4n) is 2.90. The van der Waals surface area contributed by atoms with Gasteiger partial charge in [-0.3, -0.25) is 9.59 Å². The number of carbonyl (C=O) groups is 2. The monoisotopic (exact) mass is 447 g/mol. The highest BCUT2D eigenvalue weighted by Gasteiger charge is 2.08. The number of hydrogen-bond donors (Lipinski definition) is 2. The van der Waals surface area contributed by atoms with Crippen LogP contribution in [0, 0.1) is 5.82 Å². The van der Waals surface area contributed by atoms with E-state index in [1.165, 1.54) is 42.2 Å². The zero-order valence-corrected chi connectivity index (χ0v) is 17.6. The van der Waals surface area contributed by atoms with Gasteiger partial charge in [-0.25, -0.2) is 9.82 Å². The number of nitrogens with one attached hydrogen (secondary N) is 2. The molecule has 4 aromatic rings. The maximum Gasteiger partial charge on any atom is 0.271 e. The van der Waals surface area contributed by atoms with Crippen molar-refractivity contribution in [2.75, 3.05) is 11.1 Å². The number of carbonyl (C=O) groups excluding carboxylic acids is 2. The third-order valence-corrected chi connectivity index (χ3v) is 5.36. The first-order valence-electron chi connectivity index (χ1n) is 9.67. The van der Waals surface area contributed by atoms with Crippen molar-refractivity contribution in [2.24, 2.45) is 5.10 Å². The third-order valence-electron chi connectivity index (χ3n) is 4.45. The summed E-state index contributed by atoms with van der Waals surface area (Å²) in [6, 6.07) is 22.2. The number of halogens is 1. The summed E-state index contributed by atoms with van der Waals surface area (Å²) in [6.07, 6.45) is 1.35. The van der Waals surface area contributed by atoms with Crippen molar-refractivity contribution in [1.82, 2.24) is 5.43 Å². The van der Waals surface area contributed by atoms with Crippen LogP contribution in [0.1, 0.15) is 16.1 Å². The topological polar surface area (TPSA) is 83.7 Å². The predicted molar refractivity (Wildman–Crippen MR) is 123 cm³/mol. The van der Waals surface area contributed by atoms with E-state index in [2.05, 4.69) is 15.8 Å². The molecule has 1 aromatic heterocycles. The highest BCUT2D eigenvalue weighted by molar-refractivity contribution is 7.99. The number of furan rings is 1. The van der Waals surface area contributed by atoms with Gasteiger partial charge < -0.3 is 9.73 Å². The molecule has 3 aromatic carbocycles. The molecule has 0 saturated carbocycles. The molecule has 2 amide bonds. The van der Waals surface area contributed by atoms with E-state index >= 15 is 0 Å². The Hall–Kier alpha value is -3.91. The number of fused-ring (bicyclic) bond motifs is 1. The predicted octanol–water partition coefficient (Wildman–Crippen LogP) is 5.07. The summed E-state index contributed by atoms with van der Waals surface area (Å²) in [7, 11) is 0. The van der Waals surface area contributed by atoms with Crippen molar-refractivity contribution in [3.63, 3.8) is 0 Å². The molecule has 160 valence electrons. The molecule has 1 heterocycles. The number of hydrogen-bond acceptors (Lipinski definition) is 5. The maximum atomic E-state index is 12.9. The number of thioether (sulfide) groups is 1. The lowest BCUT2D eigenvalue weighted by atomic mass is 10.1. The molecular formula is C24H18FN3O3S. The quantitative estimate of drug-likeness (QED) is 0.235. The Kier molecular flexibility index (Phi) is 6.62. The molecular weight excluding hydrogens is 429 g/mol. The highest BCUT2D eigenvalue weighted by Crippen LogP contribution is 2.22. The van der Waals surface area contributed by atoms with Gasteiger partial charge in [-0.2, -0.15) is 5.10 Å². The number of rotatable bonds is 7. The van der Waals surface area contributed by atoms with Crippen LogP contribution < -0.4 is 10.7 Å². The lowest BCUT2D eigenvalue weighted by Gasteiger charge is -2.06. The summed E-state index contributed by atoms with van der Waals surface area (Å²) < 4.78 is 18.5. The fourth-order valence-corrected chi connectivity index (χ4v) is 3.57. The van der Waals surface area contributed by atoms with Gasteiger partial charge >= 0.3 is 0 Å². The van der Waals surface area contributed by atoms with Crippen LogP contribution in [0.5, 0.6) is 0 Å². The van der Waals surface area contributed by atoms with Crippen LogP contribution in [0.3, 0.4) is 0 Å². The second kappa shape index (κ2) is 9.93. The summed E-state index contributed by atoms with van der Waals surface area (Å²) >= 11 is 1.25.